The molecule has 4 nitrogen and oxygen atoms in total. The van der Waals surface area contributed by atoms with Crippen molar-refractivity contribution in [2.75, 3.05) is 12.8 Å². The molecule has 1 heterocycles. The van der Waals surface area contributed by atoms with E-state index in [1.54, 1.807) is 0 Å². The van der Waals surface area contributed by atoms with Gasteiger partial charge in [0.15, 0.2) is 5.82 Å². The Bertz CT molecular complexity index is 432. The zero-order chi connectivity index (χ0) is 12.6. The molecule has 1 fully saturated rings. The van der Waals surface area contributed by atoms with Crippen molar-refractivity contribution in [2.24, 2.45) is 0 Å². The van der Waals surface area contributed by atoms with Crippen LogP contribution in [0.25, 0.3) is 0 Å². The molecule has 2 rings (SSSR count). The number of hydrogen-bond donors (Lipinski definition) is 1. The van der Waals surface area contributed by atoms with Crippen LogP contribution in [0.2, 0.25) is 0 Å². The van der Waals surface area contributed by atoms with Crippen LogP contribution in [0.15, 0.2) is 6.07 Å². The lowest BCUT2D eigenvalue weighted by Gasteiger charge is -2.34. The predicted octanol–water partition coefficient (Wildman–Crippen LogP) is 1.99. The number of nitrogen functional groups attached to an aromatic ring is 1. The molecule has 1 aromatic heterocycles. The van der Waals surface area contributed by atoms with Crippen molar-refractivity contribution >= 4 is 5.69 Å². The number of anilines is 1. The Hall–Kier alpha value is -1.66. The van der Waals surface area contributed by atoms with Gasteiger partial charge in [-0.25, -0.2) is 13.2 Å². The maximum atomic E-state index is 13.4. The summed E-state index contributed by atoms with van der Waals surface area (Å²) in [6, 6.07) is 0.984. The number of methoxy groups -OCH3 is 1. The van der Waals surface area contributed by atoms with E-state index < -0.39 is 30.7 Å². The van der Waals surface area contributed by atoms with Crippen LogP contribution < -0.4 is 15.2 Å². The predicted molar refractivity (Wildman–Crippen MR) is 53.8 cm³/mol. The fraction of sp³-hybridized carbons (Fsp3) is 0.500. The van der Waals surface area contributed by atoms with Gasteiger partial charge in [0, 0.05) is 18.9 Å². The summed E-state index contributed by atoms with van der Waals surface area (Å²) in [7, 11) is 1.32. The van der Waals surface area contributed by atoms with E-state index in [1.165, 1.54) is 7.11 Å². The zero-order valence-corrected chi connectivity index (χ0v) is 9.04. The monoisotopic (exact) mass is 248 g/mol. The number of rotatable bonds is 3. The van der Waals surface area contributed by atoms with Crippen molar-refractivity contribution in [1.82, 2.24) is 4.98 Å². The molecule has 94 valence electrons. The zero-order valence-electron chi connectivity index (χ0n) is 9.04. The smallest absolute Gasteiger partial charge is 0.255 e. The molecular formula is C10H11F3N2O2. The van der Waals surface area contributed by atoms with Crippen LogP contribution in [0, 0.1) is 5.82 Å². The third-order valence-corrected chi connectivity index (χ3v) is 2.46. The minimum atomic E-state index is -2.72. The van der Waals surface area contributed by atoms with E-state index in [0.29, 0.717) is 0 Å². The normalized spacial score (nSPS) is 18.6. The van der Waals surface area contributed by atoms with Crippen LogP contribution in [0.1, 0.15) is 12.8 Å². The molecule has 0 atom stereocenters. The lowest BCUT2D eigenvalue weighted by molar-refractivity contribution is -0.136. The highest BCUT2D eigenvalue weighted by molar-refractivity contribution is 5.49. The van der Waals surface area contributed by atoms with Gasteiger partial charge in [-0.05, 0) is 0 Å². The molecule has 0 amide bonds. The third-order valence-electron chi connectivity index (χ3n) is 2.46. The minimum absolute atomic E-state index is 0.00693. The van der Waals surface area contributed by atoms with Crippen LogP contribution in [-0.2, 0) is 0 Å². The van der Waals surface area contributed by atoms with Crippen LogP contribution >= 0.6 is 0 Å². The second kappa shape index (κ2) is 3.97. The number of halogens is 3. The van der Waals surface area contributed by atoms with E-state index >= 15 is 0 Å². The highest BCUT2D eigenvalue weighted by atomic mass is 19.3. The van der Waals surface area contributed by atoms with Gasteiger partial charge in [-0.1, -0.05) is 0 Å². The first-order chi connectivity index (χ1) is 7.91. The highest BCUT2D eigenvalue weighted by Crippen LogP contribution is 2.40. The highest BCUT2D eigenvalue weighted by Gasteiger charge is 2.47. The Kier molecular flexibility index (Phi) is 2.76. The second-order valence-corrected chi connectivity index (χ2v) is 3.88. The number of nitrogens with zero attached hydrogens (tertiary/aromatic N) is 1. The van der Waals surface area contributed by atoms with Crippen LogP contribution in [0.4, 0.5) is 18.9 Å². The lowest BCUT2D eigenvalue weighted by Crippen LogP contribution is -2.43. The van der Waals surface area contributed by atoms with Crippen LogP contribution in [0.5, 0.6) is 11.8 Å². The second-order valence-electron chi connectivity index (χ2n) is 3.88. The van der Waals surface area contributed by atoms with Gasteiger partial charge in [0.25, 0.3) is 11.8 Å². The van der Waals surface area contributed by atoms with Gasteiger partial charge in [-0.2, -0.15) is 4.98 Å². The van der Waals surface area contributed by atoms with E-state index in [-0.39, 0.29) is 17.4 Å². The van der Waals surface area contributed by atoms with Gasteiger partial charge >= 0.3 is 0 Å². The summed E-state index contributed by atoms with van der Waals surface area (Å²) in [6.45, 7) is 0. The van der Waals surface area contributed by atoms with Gasteiger partial charge < -0.3 is 15.2 Å². The molecule has 0 aliphatic heterocycles. The molecule has 0 aromatic carbocycles. The van der Waals surface area contributed by atoms with E-state index in [2.05, 4.69) is 4.98 Å². The number of hydrogen-bond acceptors (Lipinski definition) is 4. The maximum absolute atomic E-state index is 13.4. The number of ether oxygens (including phenoxy) is 2. The first-order valence-electron chi connectivity index (χ1n) is 4.96. The average molecular weight is 248 g/mol. The van der Waals surface area contributed by atoms with Crippen molar-refractivity contribution < 1.29 is 22.6 Å². The van der Waals surface area contributed by atoms with Gasteiger partial charge in [0.1, 0.15) is 6.10 Å². The molecule has 17 heavy (non-hydrogen) atoms. The number of alkyl halides is 2. The summed E-state index contributed by atoms with van der Waals surface area (Å²) >= 11 is 0. The molecule has 1 aliphatic rings. The van der Waals surface area contributed by atoms with Crippen LogP contribution in [-0.4, -0.2) is 24.1 Å². The third kappa shape index (κ3) is 2.37. The Morgan fingerprint density at radius 1 is 1.41 bits per heavy atom. The van der Waals surface area contributed by atoms with Gasteiger partial charge in [0.05, 0.1) is 12.8 Å². The number of aromatic nitrogens is 1. The first-order valence-corrected chi connectivity index (χ1v) is 4.96. The molecule has 0 radical (unpaired) electrons. The standard InChI is InChI=1S/C10H11F3N2O2/c1-16-9-7(14)2-6(11)8(15-9)17-5-3-10(12,13)4-5/h2,5H,3-4,14H2,1H3. The Morgan fingerprint density at radius 2 is 2.06 bits per heavy atom. The van der Waals surface area contributed by atoms with E-state index in [1.807, 2.05) is 0 Å². The fourth-order valence-electron chi connectivity index (χ4n) is 1.56. The Labute approximate surface area is 95.5 Å². The van der Waals surface area contributed by atoms with E-state index in [4.69, 9.17) is 15.2 Å². The largest absolute Gasteiger partial charge is 0.479 e. The number of nitrogens with two attached hydrogens (primary N) is 1. The van der Waals surface area contributed by atoms with Gasteiger partial charge in [-0.3, -0.25) is 0 Å². The van der Waals surface area contributed by atoms with Crippen molar-refractivity contribution in [3.63, 3.8) is 0 Å². The first kappa shape index (κ1) is 11.8. The molecule has 1 aliphatic carbocycles. The molecule has 1 aromatic rings. The van der Waals surface area contributed by atoms with E-state index in [0.717, 1.165) is 6.07 Å². The minimum Gasteiger partial charge on any atom is -0.479 e. The maximum Gasteiger partial charge on any atom is 0.255 e. The summed E-state index contributed by atoms with van der Waals surface area (Å²) in [5, 5.41) is 0. The summed E-state index contributed by atoms with van der Waals surface area (Å²) in [6.07, 6.45) is -1.58. The Balaban J connectivity index is 2.11. The Morgan fingerprint density at radius 3 is 2.59 bits per heavy atom. The van der Waals surface area contributed by atoms with Crippen molar-refractivity contribution in [3.05, 3.63) is 11.9 Å². The molecule has 0 unspecified atom stereocenters. The van der Waals surface area contributed by atoms with E-state index in [9.17, 15) is 13.2 Å². The molecule has 0 spiro atoms. The fourth-order valence-corrected chi connectivity index (χ4v) is 1.56. The molecule has 2 N–H and O–H groups in total. The average Bonchev–Trinajstić information content (AvgIpc) is 2.19. The van der Waals surface area contributed by atoms with Crippen molar-refractivity contribution in [2.45, 2.75) is 24.9 Å². The SMILES string of the molecule is COc1nc(OC2CC(F)(F)C2)c(F)cc1N. The lowest BCUT2D eigenvalue weighted by atomic mass is 9.91. The van der Waals surface area contributed by atoms with Crippen molar-refractivity contribution in [3.8, 4) is 11.8 Å². The number of pyridine rings is 1. The summed E-state index contributed by atoms with van der Waals surface area (Å²) in [4.78, 5) is 3.67. The van der Waals surface area contributed by atoms with Gasteiger partial charge in [-0.15, -0.1) is 0 Å². The molecular weight excluding hydrogens is 237 g/mol. The van der Waals surface area contributed by atoms with Crippen LogP contribution in [0.3, 0.4) is 0 Å². The molecule has 0 bridgehead atoms. The molecule has 0 saturated heterocycles. The van der Waals surface area contributed by atoms with Crippen molar-refractivity contribution in [1.29, 1.82) is 0 Å². The summed E-state index contributed by atoms with van der Waals surface area (Å²) in [5.74, 6) is -3.87. The summed E-state index contributed by atoms with van der Waals surface area (Å²) < 4.78 is 48.3. The van der Waals surface area contributed by atoms with Gasteiger partial charge in [0.2, 0.25) is 5.88 Å². The quantitative estimate of drug-likeness (QED) is 0.888. The topological polar surface area (TPSA) is 57.4 Å². The molecule has 1 saturated carbocycles. The molecule has 7 heteroatoms. The summed E-state index contributed by atoms with van der Waals surface area (Å²) in [5.41, 5.74) is 5.44.